The van der Waals surface area contributed by atoms with Crippen molar-refractivity contribution in [1.29, 1.82) is 0 Å². The van der Waals surface area contributed by atoms with Gasteiger partial charge in [-0.25, -0.2) is 4.79 Å². The molecule has 1 amide bonds. The second kappa shape index (κ2) is 8.32. The molecule has 1 N–H and O–H groups in total. The Morgan fingerprint density at radius 2 is 2.08 bits per heavy atom. The summed E-state index contributed by atoms with van der Waals surface area (Å²) in [5, 5.41) is 9.37. The summed E-state index contributed by atoms with van der Waals surface area (Å²) in [5.41, 5.74) is 0.0906. The fourth-order valence-corrected chi connectivity index (χ4v) is 4.34. The summed E-state index contributed by atoms with van der Waals surface area (Å²) < 4.78 is 11.7. The Labute approximate surface area is 148 Å². The van der Waals surface area contributed by atoms with Crippen molar-refractivity contribution in [1.82, 2.24) is 4.90 Å². The van der Waals surface area contributed by atoms with Crippen LogP contribution < -0.4 is 0 Å². The van der Waals surface area contributed by atoms with E-state index in [4.69, 9.17) is 9.16 Å². The second-order valence-electron chi connectivity index (χ2n) is 7.76. The van der Waals surface area contributed by atoms with Gasteiger partial charge in [0.2, 0.25) is 0 Å². The van der Waals surface area contributed by atoms with Crippen molar-refractivity contribution in [2.45, 2.75) is 52.9 Å². The van der Waals surface area contributed by atoms with Crippen LogP contribution in [0.1, 0.15) is 34.1 Å². The number of carbonyl (C=O) groups is 1. The van der Waals surface area contributed by atoms with Gasteiger partial charge >= 0.3 is 6.09 Å². The van der Waals surface area contributed by atoms with Crippen molar-refractivity contribution in [2.24, 2.45) is 11.3 Å². The van der Waals surface area contributed by atoms with Gasteiger partial charge in [-0.3, -0.25) is 4.90 Å². The lowest BCUT2D eigenvalue weighted by Gasteiger charge is -2.40. The molecule has 1 aliphatic heterocycles. The quantitative estimate of drug-likeness (QED) is 0.586. The standard InChI is InChI=1S/C18H33NO4Si/c1-8-11-22-16(21)19-13-15(17(3,4)5)12-18(19,23-24(6)7)14(2)9-10-20/h8-9,15,20,24H,1,10-13H2,2-7H3/t15-,18-/m0/s1. The van der Waals surface area contributed by atoms with Crippen LogP contribution in [0.4, 0.5) is 4.79 Å². The van der Waals surface area contributed by atoms with Crippen molar-refractivity contribution in [3.05, 3.63) is 24.3 Å². The van der Waals surface area contributed by atoms with Crippen LogP contribution in [-0.2, 0) is 9.16 Å². The molecule has 1 aliphatic rings. The lowest BCUT2D eigenvalue weighted by atomic mass is 9.78. The van der Waals surface area contributed by atoms with Crippen molar-refractivity contribution in [2.75, 3.05) is 19.8 Å². The lowest BCUT2D eigenvalue weighted by molar-refractivity contribution is -0.0225. The minimum absolute atomic E-state index is 0.0418. The monoisotopic (exact) mass is 355 g/mol. The Kier molecular flexibility index (Phi) is 7.25. The minimum atomic E-state index is -1.45. The lowest BCUT2D eigenvalue weighted by Crippen LogP contribution is -2.52. The van der Waals surface area contributed by atoms with Gasteiger partial charge in [-0.1, -0.05) is 39.5 Å². The summed E-state index contributed by atoms with van der Waals surface area (Å²) >= 11 is 0. The molecule has 0 spiro atoms. The number of amides is 1. The van der Waals surface area contributed by atoms with Crippen molar-refractivity contribution < 1.29 is 19.1 Å². The number of carbonyl (C=O) groups excluding carboxylic acids is 1. The normalized spacial score (nSPS) is 25.2. The Morgan fingerprint density at radius 1 is 1.46 bits per heavy atom. The highest BCUT2D eigenvalue weighted by Crippen LogP contribution is 2.46. The summed E-state index contributed by atoms with van der Waals surface area (Å²) in [4.78, 5) is 14.4. The molecule has 0 aliphatic carbocycles. The first kappa shape index (κ1) is 20.9. The number of aliphatic hydroxyl groups excluding tert-OH is 1. The Morgan fingerprint density at radius 3 is 2.54 bits per heavy atom. The van der Waals surface area contributed by atoms with E-state index in [1.165, 1.54) is 0 Å². The highest BCUT2D eigenvalue weighted by molar-refractivity contribution is 6.48. The van der Waals surface area contributed by atoms with E-state index in [1.807, 2.05) is 6.92 Å². The molecule has 1 rings (SSSR count). The van der Waals surface area contributed by atoms with E-state index in [2.05, 4.69) is 40.4 Å². The molecule has 2 atom stereocenters. The highest BCUT2D eigenvalue weighted by Gasteiger charge is 2.53. The molecule has 0 aromatic rings. The Bertz CT molecular complexity index is 484. The van der Waals surface area contributed by atoms with Gasteiger partial charge in [0, 0.05) is 13.0 Å². The summed E-state index contributed by atoms with van der Waals surface area (Å²) in [6.07, 6.45) is 3.62. The molecule has 1 fully saturated rings. The SMILES string of the molecule is C=CCOC(=O)N1C[C@@H](C(C)(C)C)C[C@]1(O[SiH](C)C)C(C)=CCO. The van der Waals surface area contributed by atoms with Gasteiger partial charge in [-0.15, -0.1) is 0 Å². The molecule has 0 aromatic carbocycles. The first-order valence-electron chi connectivity index (χ1n) is 8.59. The predicted molar refractivity (Wildman–Crippen MR) is 99.3 cm³/mol. The molecule has 0 saturated carbocycles. The summed E-state index contributed by atoms with van der Waals surface area (Å²) in [5.74, 6) is 0.281. The van der Waals surface area contributed by atoms with E-state index in [-0.39, 0.29) is 30.6 Å². The summed E-state index contributed by atoms with van der Waals surface area (Å²) in [6, 6.07) is 0. The van der Waals surface area contributed by atoms with Gasteiger partial charge in [0.05, 0.1) is 6.61 Å². The van der Waals surface area contributed by atoms with Gasteiger partial charge in [0.1, 0.15) is 6.61 Å². The third-order valence-corrected chi connectivity index (χ3v) is 5.44. The molecule has 5 nitrogen and oxygen atoms in total. The highest BCUT2D eigenvalue weighted by atomic mass is 28.3. The van der Waals surface area contributed by atoms with E-state index in [0.29, 0.717) is 13.0 Å². The Hall–Kier alpha value is -1.11. The van der Waals surface area contributed by atoms with Crippen LogP contribution in [0.3, 0.4) is 0 Å². The number of nitrogens with zero attached hydrogens (tertiary/aromatic N) is 1. The van der Waals surface area contributed by atoms with Crippen LogP contribution in [-0.4, -0.2) is 50.6 Å². The molecular weight excluding hydrogens is 322 g/mol. The van der Waals surface area contributed by atoms with Gasteiger partial charge in [0.15, 0.2) is 14.8 Å². The molecule has 6 heteroatoms. The van der Waals surface area contributed by atoms with Crippen molar-refractivity contribution in [3.8, 4) is 0 Å². The topological polar surface area (TPSA) is 59.0 Å². The van der Waals surface area contributed by atoms with Crippen LogP contribution in [0.25, 0.3) is 0 Å². The largest absolute Gasteiger partial charge is 0.445 e. The average Bonchev–Trinajstić information content (AvgIpc) is 2.85. The molecule has 1 saturated heterocycles. The molecular formula is C18H33NO4Si. The number of likely N-dealkylation sites (tertiary alicyclic amines) is 1. The van der Waals surface area contributed by atoms with Gasteiger partial charge in [0.25, 0.3) is 0 Å². The molecule has 24 heavy (non-hydrogen) atoms. The number of rotatable bonds is 6. The fraction of sp³-hybridized carbons (Fsp3) is 0.722. The smallest absolute Gasteiger partial charge is 0.412 e. The maximum absolute atomic E-state index is 12.7. The molecule has 0 unspecified atom stereocenters. The van der Waals surface area contributed by atoms with E-state index in [0.717, 1.165) is 5.57 Å². The number of aliphatic hydroxyl groups is 1. The van der Waals surface area contributed by atoms with Gasteiger partial charge < -0.3 is 14.3 Å². The number of hydrogen-bond donors (Lipinski definition) is 1. The third kappa shape index (κ3) is 4.71. The molecule has 0 bridgehead atoms. The number of ether oxygens (including phenoxy) is 1. The van der Waals surface area contributed by atoms with Crippen molar-refractivity contribution in [3.63, 3.8) is 0 Å². The van der Waals surface area contributed by atoms with E-state index >= 15 is 0 Å². The van der Waals surface area contributed by atoms with Crippen LogP contribution in [0.5, 0.6) is 0 Å². The first-order valence-corrected chi connectivity index (χ1v) is 11.4. The maximum Gasteiger partial charge on any atom is 0.412 e. The summed E-state index contributed by atoms with van der Waals surface area (Å²) in [6.45, 7) is 16.9. The zero-order valence-corrected chi connectivity index (χ0v) is 17.1. The molecule has 138 valence electrons. The van der Waals surface area contributed by atoms with Crippen LogP contribution in [0, 0.1) is 11.3 Å². The number of hydrogen-bond acceptors (Lipinski definition) is 4. The van der Waals surface area contributed by atoms with Crippen LogP contribution >= 0.6 is 0 Å². The van der Waals surface area contributed by atoms with Gasteiger partial charge in [-0.2, -0.15) is 0 Å². The van der Waals surface area contributed by atoms with E-state index in [9.17, 15) is 9.90 Å². The van der Waals surface area contributed by atoms with Crippen molar-refractivity contribution >= 4 is 15.1 Å². The predicted octanol–water partition coefficient (Wildman–Crippen LogP) is 3.31. The van der Waals surface area contributed by atoms with Crippen LogP contribution in [0.2, 0.25) is 13.1 Å². The van der Waals surface area contributed by atoms with E-state index in [1.54, 1.807) is 17.1 Å². The minimum Gasteiger partial charge on any atom is -0.445 e. The maximum atomic E-state index is 12.7. The van der Waals surface area contributed by atoms with E-state index < -0.39 is 14.8 Å². The third-order valence-electron chi connectivity index (χ3n) is 4.58. The average molecular weight is 356 g/mol. The van der Waals surface area contributed by atoms with Gasteiger partial charge in [-0.05, 0) is 36.9 Å². The zero-order chi connectivity index (χ0) is 18.5. The summed E-state index contributed by atoms with van der Waals surface area (Å²) in [7, 11) is -1.45. The fourth-order valence-electron chi connectivity index (χ4n) is 3.15. The molecule has 0 radical (unpaired) electrons. The molecule has 1 heterocycles. The zero-order valence-electron chi connectivity index (χ0n) is 16.0. The molecule has 0 aromatic heterocycles. The first-order chi connectivity index (χ1) is 11.1. The Balaban J connectivity index is 3.31. The van der Waals surface area contributed by atoms with Crippen LogP contribution in [0.15, 0.2) is 24.3 Å². The second-order valence-corrected chi connectivity index (χ2v) is 10.1.